The van der Waals surface area contributed by atoms with Crippen LogP contribution in [0.5, 0.6) is 0 Å². The maximum absolute atomic E-state index is 13.6. The van der Waals surface area contributed by atoms with Crippen LogP contribution in [0.25, 0.3) is 5.57 Å². The minimum atomic E-state index is -4.42. The van der Waals surface area contributed by atoms with Crippen molar-refractivity contribution in [3.05, 3.63) is 37.4 Å². The van der Waals surface area contributed by atoms with Crippen LogP contribution < -0.4 is 16.2 Å². The zero-order valence-corrected chi connectivity index (χ0v) is 20.3. The van der Waals surface area contributed by atoms with Gasteiger partial charge in [-0.2, -0.15) is 5.26 Å². The zero-order valence-electron chi connectivity index (χ0n) is 18.6. The minimum absolute atomic E-state index is 0.175. The summed E-state index contributed by atoms with van der Waals surface area (Å²) < 4.78 is 58.2. The Bertz CT molecular complexity index is 1240. The molecule has 1 aliphatic heterocycles. The van der Waals surface area contributed by atoms with Crippen molar-refractivity contribution in [1.29, 1.82) is 5.26 Å². The van der Waals surface area contributed by atoms with E-state index in [1.807, 2.05) is 6.07 Å². The summed E-state index contributed by atoms with van der Waals surface area (Å²) in [4.78, 5) is 12.9. The van der Waals surface area contributed by atoms with E-state index < -0.39 is 27.5 Å². The summed E-state index contributed by atoms with van der Waals surface area (Å²) in [5, 5.41) is 18.9. The number of allylic oxidation sites excluding steroid dienone is 2. The summed E-state index contributed by atoms with van der Waals surface area (Å²) in [5.74, 6) is -3.57. The summed E-state index contributed by atoms with van der Waals surface area (Å²) in [7, 11) is -3.21. The lowest BCUT2D eigenvalue weighted by Gasteiger charge is -2.36. The van der Waals surface area contributed by atoms with Gasteiger partial charge in [-0.3, -0.25) is 4.79 Å². The molecule has 1 atom stereocenters. The number of halogens is 2. The molecular weight excluding hydrogens is 486 g/mol. The Morgan fingerprint density at radius 1 is 1.41 bits per heavy atom. The molecule has 0 bridgehead atoms. The predicted molar refractivity (Wildman–Crippen MR) is 123 cm³/mol. The molecule has 2 heterocycles. The minimum Gasteiger partial charge on any atom is -0.369 e. The van der Waals surface area contributed by atoms with Gasteiger partial charge in [0.05, 0.1) is 0 Å². The molecule has 0 aromatic carbocycles. The first kappa shape index (κ1) is 24.9. The Hall–Kier alpha value is -2.17. The van der Waals surface area contributed by atoms with Crippen molar-refractivity contribution >= 4 is 32.8 Å². The van der Waals surface area contributed by atoms with Crippen LogP contribution in [-0.4, -0.2) is 39.5 Å². The lowest BCUT2D eigenvalue weighted by atomic mass is 9.76. The molecule has 4 rings (SSSR count). The van der Waals surface area contributed by atoms with E-state index in [1.54, 1.807) is 6.08 Å². The number of nitriles is 1. The standard InChI is InChI=1S/C22H26F2N4O4S2/c1-32-21(11-25)7-12(6-18(26)29)4-15(20(21)34(27,30)31)19-14(5-13-8-22(23,24)9-13)16-10-28-3-2-17(16)33-19/h4,13,28H,2-3,5-10H2,1H3,(H2,26,29)(H2,27,30,31). The average molecular weight is 513 g/mol. The van der Waals surface area contributed by atoms with Gasteiger partial charge < -0.3 is 15.8 Å². The van der Waals surface area contributed by atoms with Crippen LogP contribution in [0.1, 0.15) is 46.6 Å². The van der Waals surface area contributed by atoms with Gasteiger partial charge in [-0.1, -0.05) is 11.6 Å². The maximum Gasteiger partial charge on any atom is 0.248 e. The van der Waals surface area contributed by atoms with E-state index in [2.05, 4.69) is 5.32 Å². The second kappa shape index (κ2) is 8.80. The number of hydrogen-bond acceptors (Lipinski definition) is 7. The van der Waals surface area contributed by atoms with E-state index in [0.29, 0.717) is 29.8 Å². The summed E-state index contributed by atoms with van der Waals surface area (Å²) in [6.45, 7) is 1.27. The van der Waals surface area contributed by atoms with Crippen molar-refractivity contribution in [2.24, 2.45) is 16.8 Å². The van der Waals surface area contributed by atoms with Crippen molar-refractivity contribution in [3.63, 3.8) is 0 Å². The van der Waals surface area contributed by atoms with Crippen molar-refractivity contribution in [3.8, 4) is 6.07 Å². The number of fused-ring (bicyclic) bond motifs is 1. The van der Waals surface area contributed by atoms with Gasteiger partial charge in [0.1, 0.15) is 11.0 Å². The number of hydrogen-bond donors (Lipinski definition) is 3. The first-order valence-corrected chi connectivity index (χ1v) is 13.2. The molecular formula is C22H26F2N4O4S2. The Kier molecular flexibility index (Phi) is 6.46. The molecule has 1 aromatic rings. The number of carbonyl (C=O) groups excluding carboxylic acids is 1. The van der Waals surface area contributed by atoms with Gasteiger partial charge in [0.2, 0.25) is 21.9 Å². The third-order valence-electron chi connectivity index (χ3n) is 6.59. The summed E-state index contributed by atoms with van der Waals surface area (Å²) in [6, 6.07) is 1.94. The quantitative estimate of drug-likeness (QED) is 0.509. The Morgan fingerprint density at radius 2 is 2.12 bits per heavy atom. The molecule has 1 unspecified atom stereocenters. The monoisotopic (exact) mass is 512 g/mol. The molecule has 1 aromatic heterocycles. The van der Waals surface area contributed by atoms with Crippen LogP contribution in [0.4, 0.5) is 8.78 Å². The van der Waals surface area contributed by atoms with E-state index >= 15 is 0 Å². The lowest BCUT2D eigenvalue weighted by molar-refractivity contribution is -0.117. The van der Waals surface area contributed by atoms with Gasteiger partial charge in [-0.25, -0.2) is 22.3 Å². The third-order valence-corrected chi connectivity index (χ3v) is 9.08. The highest BCUT2D eigenvalue weighted by Crippen LogP contribution is 2.49. The van der Waals surface area contributed by atoms with Crippen molar-refractivity contribution in [2.45, 2.75) is 56.6 Å². The van der Waals surface area contributed by atoms with Gasteiger partial charge in [-0.05, 0) is 29.9 Å². The van der Waals surface area contributed by atoms with Gasteiger partial charge >= 0.3 is 0 Å². The highest BCUT2D eigenvalue weighted by Gasteiger charge is 2.48. The fourth-order valence-electron chi connectivity index (χ4n) is 5.15. The predicted octanol–water partition coefficient (Wildman–Crippen LogP) is 2.10. The molecule has 0 radical (unpaired) electrons. The van der Waals surface area contributed by atoms with Crippen LogP contribution >= 0.6 is 11.3 Å². The van der Waals surface area contributed by atoms with E-state index in [4.69, 9.17) is 15.6 Å². The molecule has 34 heavy (non-hydrogen) atoms. The van der Waals surface area contributed by atoms with Crippen LogP contribution in [0.15, 0.2) is 16.6 Å². The summed E-state index contributed by atoms with van der Waals surface area (Å²) in [5.41, 5.74) is 5.81. The smallest absolute Gasteiger partial charge is 0.248 e. The highest BCUT2D eigenvalue weighted by molar-refractivity contribution is 7.93. The summed E-state index contributed by atoms with van der Waals surface area (Å²) in [6.07, 6.45) is 1.77. The number of nitrogens with zero attached hydrogens (tertiary/aromatic N) is 1. The van der Waals surface area contributed by atoms with Crippen molar-refractivity contribution < 1.29 is 26.7 Å². The fourth-order valence-corrected chi connectivity index (χ4v) is 7.72. The van der Waals surface area contributed by atoms with Gasteiger partial charge in [0.15, 0.2) is 5.60 Å². The number of primary amides is 1. The molecule has 3 aliphatic rings. The fraction of sp³-hybridized carbons (Fsp3) is 0.545. The molecule has 5 N–H and O–H groups in total. The molecule has 0 saturated heterocycles. The molecule has 2 aliphatic carbocycles. The Labute approximate surface area is 200 Å². The van der Waals surface area contributed by atoms with Gasteiger partial charge in [0.25, 0.3) is 0 Å². The van der Waals surface area contributed by atoms with E-state index in [-0.39, 0.29) is 42.1 Å². The van der Waals surface area contributed by atoms with E-state index in [1.165, 1.54) is 18.4 Å². The van der Waals surface area contributed by atoms with Crippen LogP contribution in [0.2, 0.25) is 0 Å². The molecule has 1 saturated carbocycles. The van der Waals surface area contributed by atoms with E-state index in [9.17, 15) is 27.3 Å². The second-order valence-corrected chi connectivity index (χ2v) is 11.7. The maximum atomic E-state index is 13.6. The largest absolute Gasteiger partial charge is 0.369 e. The molecule has 1 fully saturated rings. The second-order valence-electron chi connectivity index (χ2n) is 9.13. The highest BCUT2D eigenvalue weighted by atomic mass is 32.2. The number of alkyl halides is 2. The SMILES string of the molecule is COC1(C#N)CC(CC(N)=O)=CC(c2sc3c(c2CC2CC(F)(F)C2)CNCC3)=C1S(N)(=O)=O. The van der Waals surface area contributed by atoms with Crippen LogP contribution in [0, 0.1) is 17.2 Å². The number of amides is 1. The number of primary sulfonamides is 1. The number of nitrogens with one attached hydrogen (secondary N) is 1. The third kappa shape index (κ3) is 4.55. The first-order chi connectivity index (χ1) is 15.9. The van der Waals surface area contributed by atoms with Crippen LogP contribution in [-0.2, 0) is 38.9 Å². The molecule has 12 heteroatoms. The number of nitrogens with two attached hydrogens (primary N) is 2. The summed E-state index contributed by atoms with van der Waals surface area (Å²) >= 11 is 1.38. The lowest BCUT2D eigenvalue weighted by Crippen LogP contribution is -2.41. The number of carbonyl (C=O) groups is 1. The van der Waals surface area contributed by atoms with Crippen molar-refractivity contribution in [2.75, 3.05) is 13.7 Å². The molecule has 0 spiro atoms. The zero-order chi connectivity index (χ0) is 24.9. The van der Waals surface area contributed by atoms with Crippen molar-refractivity contribution in [1.82, 2.24) is 5.32 Å². The number of methoxy groups -OCH3 is 1. The molecule has 1 amide bonds. The number of rotatable bonds is 7. The Morgan fingerprint density at radius 3 is 2.68 bits per heavy atom. The first-order valence-electron chi connectivity index (χ1n) is 10.8. The van der Waals surface area contributed by atoms with Gasteiger partial charge in [0, 0.05) is 61.2 Å². The topological polar surface area (TPSA) is 148 Å². The number of sulfonamides is 1. The average Bonchev–Trinajstić information content (AvgIpc) is 3.09. The number of ether oxygens (including phenoxy) is 1. The molecule has 8 nitrogen and oxygen atoms in total. The molecule has 184 valence electrons. The van der Waals surface area contributed by atoms with Crippen LogP contribution in [0.3, 0.4) is 0 Å². The normalized spacial score (nSPS) is 24.7. The Balaban J connectivity index is 1.96. The van der Waals surface area contributed by atoms with Gasteiger partial charge in [-0.15, -0.1) is 11.3 Å². The van der Waals surface area contributed by atoms with E-state index in [0.717, 1.165) is 22.5 Å². The number of thiophene rings is 1.